The normalized spacial score (nSPS) is 24.5. The zero-order chi connectivity index (χ0) is 17.1. The van der Waals surface area contributed by atoms with Crippen LogP contribution in [0.2, 0.25) is 0 Å². The molecule has 6 nitrogen and oxygen atoms in total. The number of morpholine rings is 1. The highest BCUT2D eigenvalue weighted by atomic mass is 16.5. The van der Waals surface area contributed by atoms with Gasteiger partial charge < -0.3 is 15.4 Å². The lowest BCUT2D eigenvalue weighted by molar-refractivity contribution is -0.141. The van der Waals surface area contributed by atoms with Gasteiger partial charge in [0.1, 0.15) is 0 Å². The molecule has 6 heteroatoms. The summed E-state index contributed by atoms with van der Waals surface area (Å²) in [6.07, 6.45) is 1.57. The number of benzene rings is 1. The molecule has 0 saturated carbocycles. The van der Waals surface area contributed by atoms with Crippen LogP contribution in [0, 0.1) is 0 Å². The third kappa shape index (κ3) is 3.60. The Labute approximate surface area is 142 Å². The number of fused-ring (bicyclic) bond motifs is 1. The summed E-state index contributed by atoms with van der Waals surface area (Å²) in [6.45, 7) is 4.67. The second-order valence-corrected chi connectivity index (χ2v) is 6.54. The minimum atomic E-state index is -0.424. The molecular formula is C18H25N3O3. The van der Waals surface area contributed by atoms with Crippen LogP contribution in [0.3, 0.4) is 0 Å². The third-order valence-corrected chi connectivity index (χ3v) is 4.96. The first-order chi connectivity index (χ1) is 11.6. The number of nitrogens with two attached hydrogens (primary N) is 1. The Hall–Kier alpha value is -1.92. The van der Waals surface area contributed by atoms with E-state index in [2.05, 4.69) is 6.92 Å². The van der Waals surface area contributed by atoms with Crippen molar-refractivity contribution in [3.63, 3.8) is 0 Å². The highest BCUT2D eigenvalue weighted by Gasteiger charge is 2.33. The quantitative estimate of drug-likeness (QED) is 0.873. The van der Waals surface area contributed by atoms with Gasteiger partial charge in [-0.05, 0) is 24.0 Å². The highest BCUT2D eigenvalue weighted by Crippen LogP contribution is 2.23. The number of hydrogen-bond donors (Lipinski definition) is 1. The number of rotatable bonds is 4. The molecule has 0 radical (unpaired) electrons. The summed E-state index contributed by atoms with van der Waals surface area (Å²) in [5, 5.41) is 0. The van der Waals surface area contributed by atoms with E-state index in [1.54, 1.807) is 0 Å². The topological polar surface area (TPSA) is 75.9 Å². The molecule has 2 aliphatic heterocycles. The number of ether oxygens (including phenoxy) is 1. The van der Waals surface area contributed by atoms with E-state index in [1.165, 1.54) is 0 Å². The standard InChI is InChI=1S/C18H25N3O3/c1-2-15-11-20(7-8-24-15)17(22)12-21-10-14-6-4-3-5-13(14)9-16(21)18(19)23/h3-6,15-16H,2,7-12H2,1H3,(H2,19,23)/t15-,16+/m1/s1. The molecular weight excluding hydrogens is 306 g/mol. The van der Waals surface area contributed by atoms with Crippen molar-refractivity contribution in [1.29, 1.82) is 0 Å². The number of carbonyl (C=O) groups is 2. The average molecular weight is 331 g/mol. The Balaban J connectivity index is 1.70. The lowest BCUT2D eigenvalue weighted by Crippen LogP contribution is -2.54. The number of nitrogens with zero attached hydrogens (tertiary/aromatic N) is 2. The molecule has 2 atom stereocenters. The Morgan fingerprint density at radius 1 is 1.29 bits per heavy atom. The van der Waals surface area contributed by atoms with Crippen molar-refractivity contribution in [1.82, 2.24) is 9.80 Å². The Bertz CT molecular complexity index is 619. The Morgan fingerprint density at radius 3 is 2.75 bits per heavy atom. The maximum Gasteiger partial charge on any atom is 0.236 e. The van der Waals surface area contributed by atoms with Crippen LogP contribution >= 0.6 is 0 Å². The molecule has 0 unspecified atom stereocenters. The zero-order valence-electron chi connectivity index (χ0n) is 14.1. The van der Waals surface area contributed by atoms with Crippen molar-refractivity contribution in [3.8, 4) is 0 Å². The van der Waals surface area contributed by atoms with E-state index >= 15 is 0 Å². The number of amides is 2. The van der Waals surface area contributed by atoms with Crippen molar-refractivity contribution in [3.05, 3.63) is 35.4 Å². The van der Waals surface area contributed by atoms with Crippen LogP contribution in [0.25, 0.3) is 0 Å². The van der Waals surface area contributed by atoms with E-state index in [4.69, 9.17) is 10.5 Å². The summed E-state index contributed by atoms with van der Waals surface area (Å²) in [5.41, 5.74) is 7.89. The summed E-state index contributed by atoms with van der Waals surface area (Å²) in [4.78, 5) is 28.3. The van der Waals surface area contributed by atoms with Crippen LogP contribution < -0.4 is 5.73 Å². The third-order valence-electron chi connectivity index (χ3n) is 4.96. The van der Waals surface area contributed by atoms with Gasteiger partial charge in [-0.3, -0.25) is 14.5 Å². The van der Waals surface area contributed by atoms with Crippen molar-refractivity contribution >= 4 is 11.8 Å². The molecule has 130 valence electrons. The van der Waals surface area contributed by atoms with Crippen LogP contribution in [0.1, 0.15) is 24.5 Å². The fraction of sp³-hybridized carbons (Fsp3) is 0.556. The number of primary amides is 1. The van der Waals surface area contributed by atoms with Gasteiger partial charge in [-0.15, -0.1) is 0 Å². The van der Waals surface area contributed by atoms with Gasteiger partial charge in [0.15, 0.2) is 0 Å². The van der Waals surface area contributed by atoms with Gasteiger partial charge in [-0.2, -0.15) is 0 Å². The summed E-state index contributed by atoms with van der Waals surface area (Å²) >= 11 is 0. The second kappa shape index (κ2) is 7.32. The molecule has 0 bridgehead atoms. The molecule has 2 N–H and O–H groups in total. The van der Waals surface area contributed by atoms with Gasteiger partial charge in [0, 0.05) is 19.6 Å². The zero-order valence-corrected chi connectivity index (χ0v) is 14.1. The van der Waals surface area contributed by atoms with E-state index in [0.29, 0.717) is 32.7 Å². The lowest BCUT2D eigenvalue weighted by Gasteiger charge is -2.37. The monoisotopic (exact) mass is 331 g/mol. The largest absolute Gasteiger partial charge is 0.375 e. The molecule has 1 aromatic carbocycles. The molecule has 2 heterocycles. The second-order valence-electron chi connectivity index (χ2n) is 6.54. The van der Waals surface area contributed by atoms with Crippen molar-refractivity contribution < 1.29 is 14.3 Å². The number of hydrogen-bond acceptors (Lipinski definition) is 4. The molecule has 2 amide bonds. The molecule has 0 aliphatic carbocycles. The van der Waals surface area contributed by atoms with E-state index in [1.807, 2.05) is 34.1 Å². The van der Waals surface area contributed by atoms with Crippen molar-refractivity contribution in [2.75, 3.05) is 26.2 Å². The fourth-order valence-electron chi connectivity index (χ4n) is 3.49. The van der Waals surface area contributed by atoms with Crippen LogP contribution in [0.15, 0.2) is 24.3 Å². The SMILES string of the molecule is CC[C@@H]1CN(C(=O)CN2Cc3ccccc3C[C@H]2C(N)=O)CCO1. The predicted octanol–water partition coefficient (Wildman–Crippen LogP) is 0.536. The first-order valence-corrected chi connectivity index (χ1v) is 8.58. The van der Waals surface area contributed by atoms with Crippen LogP contribution in [0.5, 0.6) is 0 Å². The van der Waals surface area contributed by atoms with Gasteiger partial charge in [0.05, 0.1) is 25.3 Å². The minimum absolute atomic E-state index is 0.0439. The van der Waals surface area contributed by atoms with Gasteiger partial charge in [0.2, 0.25) is 11.8 Å². The maximum absolute atomic E-state index is 12.7. The first-order valence-electron chi connectivity index (χ1n) is 8.58. The summed E-state index contributed by atoms with van der Waals surface area (Å²) in [7, 11) is 0. The molecule has 3 rings (SSSR count). The van der Waals surface area contributed by atoms with E-state index < -0.39 is 6.04 Å². The van der Waals surface area contributed by atoms with Gasteiger partial charge in [-0.1, -0.05) is 31.2 Å². The smallest absolute Gasteiger partial charge is 0.236 e. The maximum atomic E-state index is 12.7. The molecule has 1 fully saturated rings. The lowest BCUT2D eigenvalue weighted by atomic mass is 9.93. The highest BCUT2D eigenvalue weighted by molar-refractivity contribution is 5.83. The van der Waals surface area contributed by atoms with Gasteiger partial charge >= 0.3 is 0 Å². The van der Waals surface area contributed by atoms with Gasteiger partial charge in [0.25, 0.3) is 0 Å². The molecule has 1 aromatic rings. The van der Waals surface area contributed by atoms with E-state index in [0.717, 1.165) is 17.5 Å². The molecule has 2 aliphatic rings. The fourth-order valence-corrected chi connectivity index (χ4v) is 3.49. The van der Waals surface area contributed by atoms with Crippen LogP contribution in [-0.2, 0) is 27.3 Å². The van der Waals surface area contributed by atoms with Crippen LogP contribution in [0.4, 0.5) is 0 Å². The van der Waals surface area contributed by atoms with Gasteiger partial charge in [-0.25, -0.2) is 0 Å². The van der Waals surface area contributed by atoms with Crippen molar-refractivity contribution in [2.45, 2.75) is 38.5 Å². The molecule has 0 spiro atoms. The van der Waals surface area contributed by atoms with Crippen LogP contribution in [-0.4, -0.2) is 60.0 Å². The summed E-state index contributed by atoms with van der Waals surface area (Å²) in [5.74, 6) is -0.326. The molecule has 24 heavy (non-hydrogen) atoms. The molecule has 1 saturated heterocycles. The minimum Gasteiger partial charge on any atom is -0.375 e. The predicted molar refractivity (Wildman–Crippen MR) is 90.1 cm³/mol. The van der Waals surface area contributed by atoms with E-state index in [9.17, 15) is 9.59 Å². The summed E-state index contributed by atoms with van der Waals surface area (Å²) in [6, 6.07) is 7.60. The average Bonchev–Trinajstić information content (AvgIpc) is 2.61. The first kappa shape index (κ1) is 16.9. The number of carbonyl (C=O) groups excluding carboxylic acids is 2. The molecule has 0 aromatic heterocycles. The van der Waals surface area contributed by atoms with Crippen molar-refractivity contribution in [2.24, 2.45) is 5.73 Å². The van der Waals surface area contributed by atoms with E-state index in [-0.39, 0.29) is 24.5 Å². The Kier molecular flexibility index (Phi) is 5.16. The summed E-state index contributed by atoms with van der Waals surface area (Å²) < 4.78 is 5.62. The Morgan fingerprint density at radius 2 is 2.04 bits per heavy atom.